The first-order chi connectivity index (χ1) is 8.64. The number of likely N-dealkylation sites (tertiary alicyclic amines) is 1. The van der Waals surface area contributed by atoms with E-state index in [-0.39, 0.29) is 25.3 Å². The van der Waals surface area contributed by atoms with Crippen LogP contribution in [0, 0.1) is 5.92 Å². The molecule has 2 heterocycles. The number of nitrogens with zero attached hydrogens (tertiary/aromatic N) is 1. The molecule has 7 heteroatoms. The van der Waals surface area contributed by atoms with Crippen LogP contribution in [-0.4, -0.2) is 41.0 Å². The Hall–Kier alpha value is -1.27. The van der Waals surface area contributed by atoms with Gasteiger partial charge in [0.1, 0.15) is 6.04 Å². The second kappa shape index (κ2) is 4.38. The van der Waals surface area contributed by atoms with Crippen molar-refractivity contribution >= 4 is 11.8 Å². The summed E-state index contributed by atoms with van der Waals surface area (Å²) in [6.45, 7) is 2.96. The van der Waals surface area contributed by atoms with Crippen molar-refractivity contribution in [2.45, 2.75) is 50.9 Å². The summed E-state index contributed by atoms with van der Waals surface area (Å²) < 4.78 is 38.8. The Morgan fingerprint density at radius 2 is 2.00 bits per heavy atom. The number of rotatable bonds is 1. The van der Waals surface area contributed by atoms with Gasteiger partial charge in [-0.3, -0.25) is 9.59 Å². The van der Waals surface area contributed by atoms with Gasteiger partial charge in [-0.15, -0.1) is 0 Å². The number of hydrogen-bond donors (Lipinski definition) is 1. The maximum atomic E-state index is 12.9. The summed E-state index contributed by atoms with van der Waals surface area (Å²) in [4.78, 5) is 24.6. The quantitative estimate of drug-likeness (QED) is 0.789. The predicted molar refractivity (Wildman–Crippen MR) is 61.1 cm³/mol. The third-order valence-electron chi connectivity index (χ3n) is 4.14. The van der Waals surface area contributed by atoms with Crippen LogP contribution < -0.4 is 5.32 Å². The topological polar surface area (TPSA) is 49.4 Å². The van der Waals surface area contributed by atoms with E-state index in [0.717, 1.165) is 0 Å². The van der Waals surface area contributed by atoms with Crippen LogP contribution in [0.4, 0.5) is 13.2 Å². The minimum absolute atomic E-state index is 0.0804. The van der Waals surface area contributed by atoms with Gasteiger partial charge < -0.3 is 10.2 Å². The van der Waals surface area contributed by atoms with Crippen molar-refractivity contribution in [2.24, 2.45) is 5.92 Å². The summed E-state index contributed by atoms with van der Waals surface area (Å²) in [7, 11) is 0. The van der Waals surface area contributed by atoms with Crippen molar-refractivity contribution in [1.29, 1.82) is 0 Å². The smallest absolute Gasteiger partial charge is 0.344 e. The number of alkyl halides is 3. The van der Waals surface area contributed by atoms with Crippen molar-refractivity contribution in [3.63, 3.8) is 0 Å². The van der Waals surface area contributed by atoms with E-state index in [2.05, 4.69) is 5.32 Å². The fourth-order valence-electron chi connectivity index (χ4n) is 3.03. The molecule has 2 fully saturated rings. The first-order valence-electron chi connectivity index (χ1n) is 6.31. The summed E-state index contributed by atoms with van der Waals surface area (Å²) >= 11 is 0. The monoisotopic (exact) mass is 278 g/mol. The van der Waals surface area contributed by atoms with Gasteiger partial charge in [-0.2, -0.15) is 13.2 Å². The van der Waals surface area contributed by atoms with Crippen LogP contribution in [-0.2, 0) is 9.59 Å². The molecule has 2 aliphatic heterocycles. The Balaban J connectivity index is 2.14. The molecule has 2 saturated heterocycles. The van der Waals surface area contributed by atoms with Crippen LogP contribution in [0.2, 0.25) is 0 Å². The highest BCUT2D eigenvalue weighted by Crippen LogP contribution is 2.45. The zero-order chi connectivity index (χ0) is 14.4. The van der Waals surface area contributed by atoms with Crippen molar-refractivity contribution in [2.75, 3.05) is 6.54 Å². The van der Waals surface area contributed by atoms with Gasteiger partial charge in [0, 0.05) is 18.5 Å². The van der Waals surface area contributed by atoms with Gasteiger partial charge in [0.15, 0.2) is 0 Å². The molecule has 0 spiro atoms. The molecule has 0 aliphatic carbocycles. The van der Waals surface area contributed by atoms with Crippen LogP contribution in [0.15, 0.2) is 0 Å². The molecule has 1 N–H and O–H groups in total. The number of hydrogen-bond acceptors (Lipinski definition) is 2. The van der Waals surface area contributed by atoms with E-state index in [9.17, 15) is 22.8 Å². The minimum Gasteiger partial charge on any atom is -0.344 e. The van der Waals surface area contributed by atoms with Gasteiger partial charge >= 0.3 is 6.18 Å². The Labute approximate surface area is 109 Å². The van der Waals surface area contributed by atoms with Crippen LogP contribution in [0.3, 0.4) is 0 Å². The molecule has 0 aromatic carbocycles. The molecule has 0 bridgehead atoms. The van der Waals surface area contributed by atoms with Gasteiger partial charge in [-0.25, -0.2) is 0 Å². The Kier molecular flexibility index (Phi) is 3.26. The Morgan fingerprint density at radius 1 is 1.37 bits per heavy atom. The average Bonchev–Trinajstić information content (AvgIpc) is 2.79. The van der Waals surface area contributed by atoms with Crippen LogP contribution in [0.1, 0.15) is 33.1 Å². The third-order valence-corrected chi connectivity index (χ3v) is 4.14. The third kappa shape index (κ3) is 2.42. The maximum absolute atomic E-state index is 12.9. The Bertz CT molecular complexity index is 406. The number of halogens is 3. The van der Waals surface area contributed by atoms with E-state index in [1.807, 2.05) is 0 Å². The molecule has 19 heavy (non-hydrogen) atoms. The summed E-state index contributed by atoms with van der Waals surface area (Å²) in [5.41, 5.74) is -1.26. The van der Waals surface area contributed by atoms with E-state index in [4.69, 9.17) is 0 Å². The van der Waals surface area contributed by atoms with E-state index in [1.54, 1.807) is 0 Å². The lowest BCUT2D eigenvalue weighted by Crippen LogP contribution is -2.54. The molecule has 2 amide bonds. The molecular weight excluding hydrogens is 261 g/mol. The predicted octanol–water partition coefficient (Wildman–Crippen LogP) is 1.45. The summed E-state index contributed by atoms with van der Waals surface area (Å²) in [6.07, 6.45) is -3.77. The fraction of sp³-hybridized carbons (Fsp3) is 0.833. The van der Waals surface area contributed by atoms with Gasteiger partial charge in [0.2, 0.25) is 11.8 Å². The average molecular weight is 278 g/mol. The number of nitrogens with one attached hydrogen (secondary N) is 1. The highest BCUT2D eigenvalue weighted by molar-refractivity contribution is 5.91. The van der Waals surface area contributed by atoms with E-state index < -0.39 is 29.6 Å². The van der Waals surface area contributed by atoms with Gasteiger partial charge in [-0.1, -0.05) is 0 Å². The standard InChI is InChI=1S/C12H17F3N2O2/c1-11(2)8(12(13,14)15)5-6-17(11)10(19)7-3-4-9(18)16-7/h7-8H,3-6H2,1-2H3,(H,16,18). The Morgan fingerprint density at radius 3 is 2.42 bits per heavy atom. The SMILES string of the molecule is CC1(C)C(C(F)(F)F)CCN1C(=O)C1CCC(=O)N1. The van der Waals surface area contributed by atoms with Crippen LogP contribution in [0.5, 0.6) is 0 Å². The molecule has 2 rings (SSSR count). The van der Waals surface area contributed by atoms with Crippen molar-refractivity contribution in [3.05, 3.63) is 0 Å². The van der Waals surface area contributed by atoms with Gasteiger partial charge in [0.25, 0.3) is 0 Å². The summed E-state index contributed by atoms with van der Waals surface area (Å²) in [5, 5.41) is 2.51. The minimum atomic E-state index is -4.31. The zero-order valence-electron chi connectivity index (χ0n) is 10.9. The normalized spacial score (nSPS) is 30.6. The van der Waals surface area contributed by atoms with Gasteiger partial charge in [0.05, 0.1) is 5.92 Å². The lowest BCUT2D eigenvalue weighted by atomic mass is 9.87. The highest BCUT2D eigenvalue weighted by Gasteiger charge is 2.56. The molecule has 0 radical (unpaired) electrons. The van der Waals surface area contributed by atoms with E-state index >= 15 is 0 Å². The molecule has 2 aliphatic rings. The first kappa shape index (κ1) is 14.1. The van der Waals surface area contributed by atoms with Crippen molar-refractivity contribution < 1.29 is 22.8 Å². The van der Waals surface area contributed by atoms with Gasteiger partial charge in [-0.05, 0) is 26.7 Å². The second-order valence-corrected chi connectivity index (χ2v) is 5.69. The maximum Gasteiger partial charge on any atom is 0.394 e. The second-order valence-electron chi connectivity index (χ2n) is 5.69. The summed E-state index contributed by atoms with van der Waals surface area (Å²) in [5.74, 6) is -2.13. The number of amides is 2. The first-order valence-corrected chi connectivity index (χ1v) is 6.31. The van der Waals surface area contributed by atoms with Crippen molar-refractivity contribution in [3.8, 4) is 0 Å². The highest BCUT2D eigenvalue weighted by atomic mass is 19.4. The van der Waals surface area contributed by atoms with E-state index in [0.29, 0.717) is 6.42 Å². The van der Waals surface area contributed by atoms with Crippen LogP contribution >= 0.6 is 0 Å². The number of carbonyl (C=O) groups is 2. The molecular formula is C12H17F3N2O2. The molecule has 0 aromatic rings. The van der Waals surface area contributed by atoms with Crippen molar-refractivity contribution in [1.82, 2.24) is 10.2 Å². The number of carbonyl (C=O) groups excluding carboxylic acids is 2. The fourth-order valence-corrected chi connectivity index (χ4v) is 3.03. The molecule has 0 saturated carbocycles. The molecule has 2 unspecified atom stereocenters. The molecule has 2 atom stereocenters. The molecule has 4 nitrogen and oxygen atoms in total. The lowest BCUT2D eigenvalue weighted by molar-refractivity contribution is -0.192. The lowest BCUT2D eigenvalue weighted by Gasteiger charge is -2.37. The summed E-state index contributed by atoms with van der Waals surface area (Å²) in [6, 6.07) is -0.668. The zero-order valence-corrected chi connectivity index (χ0v) is 10.9. The molecule has 108 valence electrons. The molecule has 0 aromatic heterocycles. The van der Waals surface area contributed by atoms with E-state index in [1.165, 1.54) is 18.7 Å². The largest absolute Gasteiger partial charge is 0.394 e. The van der Waals surface area contributed by atoms with Crippen LogP contribution in [0.25, 0.3) is 0 Å².